The van der Waals surface area contributed by atoms with Gasteiger partial charge in [0.05, 0.1) is 0 Å². The molecule has 0 saturated carbocycles. The third kappa shape index (κ3) is 4.15. The normalized spacial score (nSPS) is 11.5. The van der Waals surface area contributed by atoms with Gasteiger partial charge in [0.1, 0.15) is 0 Å². The summed E-state index contributed by atoms with van der Waals surface area (Å²) in [6.45, 7) is 6.29. The maximum Gasteiger partial charge on any atom is 0.0410 e. The van der Waals surface area contributed by atoms with Gasteiger partial charge in [-0.3, -0.25) is 4.98 Å². The molecule has 0 unspecified atom stereocenters. The maximum absolute atomic E-state index is 4.17. The Bertz CT molecular complexity index is 523. The summed E-state index contributed by atoms with van der Waals surface area (Å²) in [7, 11) is 0. The van der Waals surface area contributed by atoms with Crippen LogP contribution in [0.2, 0.25) is 0 Å². The molecule has 0 aliphatic carbocycles. The molecule has 0 aliphatic rings. The van der Waals surface area contributed by atoms with E-state index in [1.165, 1.54) is 11.1 Å². The van der Waals surface area contributed by atoms with Crippen LogP contribution in [-0.2, 0) is 12.0 Å². The van der Waals surface area contributed by atoms with Crippen LogP contribution in [0.15, 0.2) is 53.3 Å². The van der Waals surface area contributed by atoms with E-state index >= 15 is 0 Å². The lowest BCUT2D eigenvalue weighted by Crippen LogP contribution is -2.32. The zero-order valence-corrected chi connectivity index (χ0v) is 12.9. The van der Waals surface area contributed by atoms with Crippen LogP contribution >= 0.6 is 15.9 Å². The van der Waals surface area contributed by atoms with Crippen molar-refractivity contribution in [2.75, 3.05) is 6.54 Å². The van der Waals surface area contributed by atoms with Crippen LogP contribution < -0.4 is 5.32 Å². The van der Waals surface area contributed by atoms with Crippen LogP contribution in [0.3, 0.4) is 0 Å². The van der Waals surface area contributed by atoms with Gasteiger partial charge in [-0.1, -0.05) is 44.2 Å². The van der Waals surface area contributed by atoms with E-state index in [1.807, 2.05) is 6.20 Å². The lowest BCUT2D eigenvalue weighted by atomic mass is 9.84. The second kappa shape index (κ2) is 6.31. The van der Waals surface area contributed by atoms with E-state index in [2.05, 4.69) is 76.5 Å². The summed E-state index contributed by atoms with van der Waals surface area (Å²) >= 11 is 3.44. The van der Waals surface area contributed by atoms with Crippen LogP contribution in [-0.4, -0.2) is 11.5 Å². The maximum atomic E-state index is 4.17. The van der Waals surface area contributed by atoms with E-state index in [0.29, 0.717) is 0 Å². The minimum atomic E-state index is 0.126. The molecule has 1 heterocycles. The number of aromatic nitrogens is 1. The Morgan fingerprint density at radius 1 is 1.16 bits per heavy atom. The lowest BCUT2D eigenvalue weighted by Gasteiger charge is -2.25. The second-order valence-electron chi connectivity index (χ2n) is 5.36. The predicted octanol–water partition coefficient (Wildman–Crippen LogP) is 3.91. The summed E-state index contributed by atoms with van der Waals surface area (Å²) in [5.74, 6) is 0. The van der Waals surface area contributed by atoms with Gasteiger partial charge < -0.3 is 5.32 Å². The van der Waals surface area contributed by atoms with Crippen molar-refractivity contribution in [3.8, 4) is 0 Å². The van der Waals surface area contributed by atoms with Crippen molar-refractivity contribution in [2.24, 2.45) is 0 Å². The van der Waals surface area contributed by atoms with Crippen LogP contribution in [0.4, 0.5) is 0 Å². The molecular weight excluding hydrogens is 300 g/mol. The van der Waals surface area contributed by atoms with Gasteiger partial charge >= 0.3 is 0 Å². The SMILES string of the molecule is CC(C)(CNCc1cncc(Br)c1)c1ccccc1. The molecule has 1 aromatic carbocycles. The highest BCUT2D eigenvalue weighted by Gasteiger charge is 2.19. The van der Waals surface area contributed by atoms with Gasteiger partial charge in [0.2, 0.25) is 0 Å². The van der Waals surface area contributed by atoms with Gasteiger partial charge in [-0.25, -0.2) is 0 Å². The molecule has 0 fully saturated rings. The first kappa shape index (κ1) is 14.2. The molecule has 3 heteroatoms. The Balaban J connectivity index is 1.92. The van der Waals surface area contributed by atoms with Crippen LogP contribution in [0.1, 0.15) is 25.0 Å². The fourth-order valence-electron chi connectivity index (χ4n) is 2.06. The Morgan fingerprint density at radius 2 is 1.89 bits per heavy atom. The number of hydrogen-bond donors (Lipinski definition) is 1. The summed E-state index contributed by atoms with van der Waals surface area (Å²) in [6.07, 6.45) is 3.70. The Labute approximate surface area is 123 Å². The summed E-state index contributed by atoms with van der Waals surface area (Å²) < 4.78 is 1.02. The number of nitrogens with one attached hydrogen (secondary N) is 1. The van der Waals surface area contributed by atoms with Gasteiger partial charge in [0, 0.05) is 35.4 Å². The lowest BCUT2D eigenvalue weighted by molar-refractivity contribution is 0.468. The van der Waals surface area contributed by atoms with E-state index < -0.39 is 0 Å². The van der Waals surface area contributed by atoms with E-state index in [4.69, 9.17) is 0 Å². The fraction of sp³-hybridized carbons (Fsp3) is 0.312. The van der Waals surface area contributed by atoms with Gasteiger partial charge in [-0.15, -0.1) is 0 Å². The van der Waals surface area contributed by atoms with Crippen LogP contribution in [0, 0.1) is 0 Å². The molecule has 0 atom stereocenters. The first-order chi connectivity index (χ1) is 9.08. The molecular formula is C16H19BrN2. The molecule has 0 bridgehead atoms. The molecule has 0 radical (unpaired) electrons. The van der Waals surface area contributed by atoms with Crippen LogP contribution in [0.5, 0.6) is 0 Å². The highest BCUT2D eigenvalue weighted by Crippen LogP contribution is 2.21. The van der Waals surface area contributed by atoms with Gasteiger partial charge in [0.15, 0.2) is 0 Å². The molecule has 0 spiro atoms. The number of halogens is 1. The van der Waals surface area contributed by atoms with Gasteiger partial charge in [-0.2, -0.15) is 0 Å². The second-order valence-corrected chi connectivity index (χ2v) is 6.28. The molecule has 19 heavy (non-hydrogen) atoms. The monoisotopic (exact) mass is 318 g/mol. The van der Waals surface area contributed by atoms with Gasteiger partial charge in [0.25, 0.3) is 0 Å². The van der Waals surface area contributed by atoms with Crippen molar-refractivity contribution in [3.63, 3.8) is 0 Å². The van der Waals surface area contributed by atoms with Crippen molar-refractivity contribution in [1.82, 2.24) is 10.3 Å². The first-order valence-corrected chi connectivity index (χ1v) is 7.23. The first-order valence-electron chi connectivity index (χ1n) is 6.43. The van der Waals surface area contributed by atoms with Crippen molar-refractivity contribution in [3.05, 3.63) is 64.4 Å². The number of nitrogens with zero attached hydrogens (tertiary/aromatic N) is 1. The molecule has 2 aromatic rings. The molecule has 0 amide bonds. The van der Waals surface area contributed by atoms with E-state index in [0.717, 1.165) is 17.6 Å². The Morgan fingerprint density at radius 3 is 2.58 bits per heavy atom. The summed E-state index contributed by atoms with van der Waals surface area (Å²) in [6, 6.07) is 12.7. The minimum absolute atomic E-state index is 0.126. The zero-order valence-electron chi connectivity index (χ0n) is 11.4. The fourth-order valence-corrected chi connectivity index (χ4v) is 2.48. The van der Waals surface area contributed by atoms with Crippen molar-refractivity contribution < 1.29 is 0 Å². The summed E-state index contributed by atoms with van der Waals surface area (Å²) in [5, 5.41) is 3.51. The predicted molar refractivity (Wildman–Crippen MR) is 83.1 cm³/mol. The third-order valence-corrected chi connectivity index (χ3v) is 3.65. The number of hydrogen-bond acceptors (Lipinski definition) is 2. The molecule has 1 N–H and O–H groups in total. The van der Waals surface area contributed by atoms with Gasteiger partial charge in [-0.05, 0) is 33.1 Å². The Hall–Kier alpha value is -1.19. The molecule has 0 saturated heterocycles. The average molecular weight is 319 g/mol. The smallest absolute Gasteiger partial charge is 0.0410 e. The highest BCUT2D eigenvalue weighted by atomic mass is 79.9. The molecule has 1 aromatic heterocycles. The van der Waals surface area contributed by atoms with E-state index in [-0.39, 0.29) is 5.41 Å². The van der Waals surface area contributed by atoms with Crippen LogP contribution in [0.25, 0.3) is 0 Å². The molecule has 2 rings (SSSR count). The highest BCUT2D eigenvalue weighted by molar-refractivity contribution is 9.10. The van der Waals surface area contributed by atoms with Crippen molar-refractivity contribution >= 4 is 15.9 Å². The number of benzene rings is 1. The Kier molecular flexibility index (Phi) is 4.72. The quantitative estimate of drug-likeness (QED) is 0.904. The van der Waals surface area contributed by atoms with Crippen molar-refractivity contribution in [2.45, 2.75) is 25.8 Å². The summed E-state index contributed by atoms with van der Waals surface area (Å²) in [4.78, 5) is 4.17. The average Bonchev–Trinajstić information content (AvgIpc) is 2.40. The topological polar surface area (TPSA) is 24.9 Å². The molecule has 2 nitrogen and oxygen atoms in total. The van der Waals surface area contributed by atoms with E-state index in [1.54, 1.807) is 6.20 Å². The zero-order chi connectivity index (χ0) is 13.7. The number of rotatable bonds is 5. The standard InChI is InChI=1S/C16H19BrN2/c1-16(2,14-6-4-3-5-7-14)12-19-10-13-8-15(17)11-18-9-13/h3-9,11,19H,10,12H2,1-2H3. The summed E-state index contributed by atoms with van der Waals surface area (Å²) in [5.41, 5.74) is 2.67. The molecule has 100 valence electrons. The minimum Gasteiger partial charge on any atom is -0.312 e. The van der Waals surface area contributed by atoms with Crippen molar-refractivity contribution in [1.29, 1.82) is 0 Å². The molecule has 0 aliphatic heterocycles. The van der Waals surface area contributed by atoms with E-state index in [9.17, 15) is 0 Å². The largest absolute Gasteiger partial charge is 0.312 e. The number of pyridine rings is 1. The third-order valence-electron chi connectivity index (χ3n) is 3.21.